The van der Waals surface area contributed by atoms with Gasteiger partial charge in [-0.15, -0.1) is 0 Å². The SMILES string of the molecule is CN1CC[C@]2(C(=O)N3CCOCC3)CCN(C(=O)c3ccccc3)CC[C@H]12. The van der Waals surface area contributed by atoms with E-state index in [4.69, 9.17) is 4.74 Å². The van der Waals surface area contributed by atoms with E-state index >= 15 is 0 Å². The number of morpholine rings is 1. The number of likely N-dealkylation sites (tertiary alicyclic amines) is 2. The molecule has 146 valence electrons. The van der Waals surface area contributed by atoms with Crippen LogP contribution >= 0.6 is 0 Å². The number of carbonyl (C=O) groups excluding carboxylic acids is 2. The van der Waals surface area contributed by atoms with Gasteiger partial charge in [-0.05, 0) is 45.0 Å². The molecule has 0 N–H and O–H groups in total. The number of hydrogen-bond acceptors (Lipinski definition) is 4. The lowest BCUT2D eigenvalue weighted by atomic mass is 9.75. The molecular weight excluding hydrogens is 342 g/mol. The zero-order valence-electron chi connectivity index (χ0n) is 16.1. The zero-order chi connectivity index (χ0) is 18.9. The summed E-state index contributed by atoms with van der Waals surface area (Å²) in [6, 6.07) is 9.67. The van der Waals surface area contributed by atoms with Crippen LogP contribution < -0.4 is 0 Å². The molecule has 3 aliphatic heterocycles. The van der Waals surface area contributed by atoms with Gasteiger partial charge in [-0.3, -0.25) is 9.59 Å². The van der Waals surface area contributed by atoms with Gasteiger partial charge in [-0.2, -0.15) is 0 Å². The third-order valence-corrected chi connectivity index (χ3v) is 6.61. The molecule has 2 amide bonds. The number of amides is 2. The first kappa shape index (κ1) is 18.4. The van der Waals surface area contributed by atoms with Crippen LogP contribution in [0.3, 0.4) is 0 Å². The summed E-state index contributed by atoms with van der Waals surface area (Å²) in [5.74, 6) is 0.348. The second kappa shape index (κ2) is 7.60. The van der Waals surface area contributed by atoms with Gasteiger partial charge in [0, 0.05) is 37.8 Å². The third-order valence-electron chi connectivity index (χ3n) is 6.61. The van der Waals surface area contributed by atoms with Gasteiger partial charge in [0.25, 0.3) is 5.91 Å². The molecule has 0 saturated carbocycles. The van der Waals surface area contributed by atoms with Gasteiger partial charge in [0.05, 0.1) is 18.6 Å². The fraction of sp³-hybridized carbons (Fsp3) is 0.619. The molecule has 27 heavy (non-hydrogen) atoms. The largest absolute Gasteiger partial charge is 0.378 e. The minimum atomic E-state index is -0.363. The number of fused-ring (bicyclic) bond motifs is 1. The normalized spacial score (nSPS) is 29.3. The smallest absolute Gasteiger partial charge is 0.253 e. The van der Waals surface area contributed by atoms with Crippen LogP contribution in [0.5, 0.6) is 0 Å². The molecule has 0 aromatic heterocycles. The number of hydrogen-bond donors (Lipinski definition) is 0. The lowest BCUT2D eigenvalue weighted by Crippen LogP contribution is -2.53. The van der Waals surface area contributed by atoms with Crippen molar-refractivity contribution in [2.45, 2.75) is 25.3 Å². The maximum atomic E-state index is 13.5. The summed E-state index contributed by atoms with van der Waals surface area (Å²) in [4.78, 5) is 32.7. The summed E-state index contributed by atoms with van der Waals surface area (Å²) < 4.78 is 5.43. The molecular formula is C21H29N3O3. The van der Waals surface area contributed by atoms with Crippen LogP contribution in [-0.4, -0.2) is 85.5 Å². The van der Waals surface area contributed by atoms with E-state index in [0.717, 1.165) is 31.4 Å². The van der Waals surface area contributed by atoms with Crippen LogP contribution in [-0.2, 0) is 9.53 Å². The number of carbonyl (C=O) groups is 2. The van der Waals surface area contributed by atoms with E-state index in [1.165, 1.54) is 0 Å². The van der Waals surface area contributed by atoms with Gasteiger partial charge in [-0.25, -0.2) is 0 Å². The molecule has 2 atom stereocenters. The lowest BCUT2D eigenvalue weighted by Gasteiger charge is -2.39. The van der Waals surface area contributed by atoms with Crippen molar-refractivity contribution in [2.75, 3.05) is 53.0 Å². The molecule has 0 unspecified atom stereocenters. The first-order valence-corrected chi connectivity index (χ1v) is 10.0. The molecule has 0 spiro atoms. The fourth-order valence-corrected chi connectivity index (χ4v) is 5.04. The van der Waals surface area contributed by atoms with Crippen LogP contribution in [0.2, 0.25) is 0 Å². The third kappa shape index (κ3) is 3.36. The molecule has 1 aromatic rings. The summed E-state index contributed by atoms with van der Waals surface area (Å²) in [6.07, 6.45) is 2.49. The molecule has 3 fully saturated rings. The second-order valence-electron chi connectivity index (χ2n) is 8.00. The molecule has 0 bridgehead atoms. The monoisotopic (exact) mass is 371 g/mol. The standard InChI is InChI=1S/C21H29N3O3/c1-22-11-8-21(20(26)24-13-15-27-16-14-24)9-12-23(10-7-18(21)22)19(25)17-5-3-2-4-6-17/h2-6,18H,7-16H2,1H3/t18-,21-/m0/s1. The van der Waals surface area contributed by atoms with E-state index in [0.29, 0.717) is 39.4 Å². The average Bonchev–Trinajstić information content (AvgIpc) is 2.92. The fourth-order valence-electron chi connectivity index (χ4n) is 5.04. The topological polar surface area (TPSA) is 53.1 Å². The van der Waals surface area contributed by atoms with Gasteiger partial charge < -0.3 is 19.4 Å². The minimum absolute atomic E-state index is 0.0761. The molecule has 0 aliphatic carbocycles. The number of benzene rings is 1. The van der Waals surface area contributed by atoms with Crippen molar-refractivity contribution in [3.63, 3.8) is 0 Å². The minimum Gasteiger partial charge on any atom is -0.378 e. The number of rotatable bonds is 2. The summed E-state index contributed by atoms with van der Waals surface area (Å²) in [7, 11) is 2.12. The molecule has 6 nitrogen and oxygen atoms in total. The Kier molecular flexibility index (Phi) is 5.19. The van der Waals surface area contributed by atoms with Crippen molar-refractivity contribution in [1.29, 1.82) is 0 Å². The Labute approximate surface area is 161 Å². The predicted molar refractivity (Wildman–Crippen MR) is 102 cm³/mol. The van der Waals surface area contributed by atoms with Gasteiger partial charge >= 0.3 is 0 Å². The van der Waals surface area contributed by atoms with Crippen LogP contribution in [0.25, 0.3) is 0 Å². The Bertz CT molecular complexity index is 689. The van der Waals surface area contributed by atoms with Crippen molar-refractivity contribution in [3.05, 3.63) is 35.9 Å². The zero-order valence-corrected chi connectivity index (χ0v) is 16.1. The van der Waals surface area contributed by atoms with E-state index < -0.39 is 0 Å². The molecule has 6 heteroatoms. The Morgan fingerprint density at radius 3 is 2.41 bits per heavy atom. The van der Waals surface area contributed by atoms with Crippen molar-refractivity contribution in [1.82, 2.24) is 14.7 Å². The first-order chi connectivity index (χ1) is 13.1. The Morgan fingerprint density at radius 1 is 0.963 bits per heavy atom. The van der Waals surface area contributed by atoms with Crippen LogP contribution in [0, 0.1) is 5.41 Å². The second-order valence-corrected chi connectivity index (χ2v) is 8.00. The summed E-state index contributed by atoms with van der Waals surface area (Å²) in [5, 5.41) is 0. The van der Waals surface area contributed by atoms with E-state index in [-0.39, 0.29) is 23.3 Å². The number of nitrogens with zero attached hydrogens (tertiary/aromatic N) is 3. The molecule has 3 heterocycles. The summed E-state index contributed by atoms with van der Waals surface area (Å²) in [5.41, 5.74) is 0.365. The first-order valence-electron chi connectivity index (χ1n) is 10.0. The Balaban J connectivity index is 1.55. The van der Waals surface area contributed by atoms with Gasteiger partial charge in [0.2, 0.25) is 5.91 Å². The van der Waals surface area contributed by atoms with Crippen LogP contribution in [0.15, 0.2) is 30.3 Å². The summed E-state index contributed by atoms with van der Waals surface area (Å²) in [6.45, 7) is 4.93. The van der Waals surface area contributed by atoms with Crippen molar-refractivity contribution >= 4 is 11.8 Å². The number of ether oxygens (including phenoxy) is 1. The Hall–Kier alpha value is -1.92. The molecule has 3 saturated heterocycles. The maximum Gasteiger partial charge on any atom is 0.253 e. The van der Waals surface area contributed by atoms with Crippen LogP contribution in [0.4, 0.5) is 0 Å². The lowest BCUT2D eigenvalue weighted by molar-refractivity contribution is -0.148. The van der Waals surface area contributed by atoms with Crippen LogP contribution in [0.1, 0.15) is 29.6 Å². The summed E-state index contributed by atoms with van der Waals surface area (Å²) >= 11 is 0. The van der Waals surface area contributed by atoms with Crippen molar-refractivity contribution in [2.24, 2.45) is 5.41 Å². The molecule has 1 aromatic carbocycles. The van der Waals surface area contributed by atoms with E-state index in [1.807, 2.05) is 40.1 Å². The van der Waals surface area contributed by atoms with Crippen molar-refractivity contribution in [3.8, 4) is 0 Å². The Morgan fingerprint density at radius 2 is 1.67 bits per heavy atom. The average molecular weight is 371 g/mol. The highest BCUT2D eigenvalue weighted by atomic mass is 16.5. The van der Waals surface area contributed by atoms with E-state index in [2.05, 4.69) is 11.9 Å². The quantitative estimate of drug-likeness (QED) is 0.790. The van der Waals surface area contributed by atoms with Crippen molar-refractivity contribution < 1.29 is 14.3 Å². The highest BCUT2D eigenvalue weighted by molar-refractivity contribution is 5.94. The molecule has 4 rings (SSSR count). The van der Waals surface area contributed by atoms with E-state index in [9.17, 15) is 9.59 Å². The maximum absolute atomic E-state index is 13.5. The van der Waals surface area contributed by atoms with E-state index in [1.54, 1.807) is 0 Å². The highest BCUT2D eigenvalue weighted by Crippen LogP contribution is 2.44. The van der Waals surface area contributed by atoms with Gasteiger partial charge in [-0.1, -0.05) is 18.2 Å². The van der Waals surface area contributed by atoms with Gasteiger partial charge in [0.15, 0.2) is 0 Å². The highest BCUT2D eigenvalue weighted by Gasteiger charge is 2.54. The van der Waals surface area contributed by atoms with Gasteiger partial charge in [0.1, 0.15) is 0 Å². The predicted octanol–water partition coefficient (Wildman–Crippen LogP) is 1.47. The molecule has 3 aliphatic rings. The molecule has 0 radical (unpaired) electrons.